The molecular formula is C41H61N5O7. The molecule has 0 bridgehead atoms. The molecule has 12 nitrogen and oxygen atoms in total. The van der Waals surface area contributed by atoms with Crippen LogP contribution in [0, 0.1) is 11.8 Å². The molecule has 2 aromatic rings. The first-order valence-electron chi connectivity index (χ1n) is 19.1. The highest BCUT2D eigenvalue weighted by molar-refractivity contribution is 5.96. The number of hydrogen-bond donors (Lipinski definition) is 4. The fourth-order valence-electron chi connectivity index (χ4n) is 6.24. The number of benzene rings is 2. The van der Waals surface area contributed by atoms with Gasteiger partial charge in [-0.3, -0.25) is 28.9 Å². The van der Waals surface area contributed by atoms with Gasteiger partial charge < -0.3 is 30.7 Å². The number of carbonyl (C=O) groups is 5. The number of aryl methyl sites for hydroxylation is 1. The second-order valence-electron chi connectivity index (χ2n) is 14.6. The standard InChI is InChI=1S/C41H61N5O7/c1-6-52-22-19-37(47)34(25-29(2)3)43-41(51)36(27-32-15-11-8-12-16-32)45-40(50)35(26-30(4)5)44-39(49)33(18-17-31-13-9-7-10-14-31)42-38(48)28-46-20-23-53-24-21-46/h7-16,29-30,33-36H,6,17-28H2,1-5H3,(H,42,48)(H,43,51)(H,44,49)(H,45,50). The molecule has 2 aromatic carbocycles. The Bertz CT molecular complexity index is 1420. The second kappa shape index (κ2) is 23.5. The van der Waals surface area contributed by atoms with Crippen molar-refractivity contribution in [2.24, 2.45) is 11.8 Å². The molecule has 4 atom stereocenters. The van der Waals surface area contributed by atoms with Gasteiger partial charge in [-0.2, -0.15) is 0 Å². The fourth-order valence-corrected chi connectivity index (χ4v) is 6.24. The molecule has 53 heavy (non-hydrogen) atoms. The Labute approximate surface area is 315 Å². The van der Waals surface area contributed by atoms with E-state index in [0.29, 0.717) is 58.6 Å². The number of hydrogen-bond acceptors (Lipinski definition) is 8. The summed E-state index contributed by atoms with van der Waals surface area (Å²) in [7, 11) is 0. The van der Waals surface area contributed by atoms with Crippen molar-refractivity contribution in [3.8, 4) is 0 Å². The van der Waals surface area contributed by atoms with Crippen molar-refractivity contribution in [3.63, 3.8) is 0 Å². The zero-order valence-corrected chi connectivity index (χ0v) is 32.2. The van der Waals surface area contributed by atoms with Gasteiger partial charge in [0.05, 0.1) is 32.4 Å². The molecule has 4 N–H and O–H groups in total. The SMILES string of the molecule is CCOCCC(=O)C(CC(C)C)NC(=O)C(Cc1ccccc1)NC(=O)C(CC(C)C)NC(=O)C(CCc1ccccc1)NC(=O)CN1CCOCC1. The highest BCUT2D eigenvalue weighted by Crippen LogP contribution is 2.13. The molecule has 0 saturated carbocycles. The van der Waals surface area contributed by atoms with E-state index in [2.05, 4.69) is 21.3 Å². The van der Waals surface area contributed by atoms with Crippen LogP contribution >= 0.6 is 0 Å². The summed E-state index contributed by atoms with van der Waals surface area (Å²) >= 11 is 0. The molecule has 3 rings (SSSR count). The number of ketones is 1. The number of Topliss-reactive ketones (excluding diaryl/α,β-unsaturated/α-hetero) is 1. The minimum Gasteiger partial charge on any atom is -0.381 e. The number of nitrogens with one attached hydrogen (secondary N) is 4. The zero-order chi connectivity index (χ0) is 38.6. The number of rotatable bonds is 23. The van der Waals surface area contributed by atoms with Crippen LogP contribution in [-0.2, 0) is 46.3 Å². The molecule has 1 aliphatic heterocycles. The van der Waals surface area contributed by atoms with Gasteiger partial charge in [-0.1, -0.05) is 88.4 Å². The lowest BCUT2D eigenvalue weighted by Gasteiger charge is -2.29. The van der Waals surface area contributed by atoms with Crippen molar-refractivity contribution in [1.29, 1.82) is 0 Å². The summed E-state index contributed by atoms with van der Waals surface area (Å²) in [5.41, 5.74) is 1.84. The van der Waals surface area contributed by atoms with Gasteiger partial charge >= 0.3 is 0 Å². The first-order valence-corrected chi connectivity index (χ1v) is 19.1. The number of morpholine rings is 1. The van der Waals surface area contributed by atoms with Crippen LogP contribution in [0.2, 0.25) is 0 Å². The molecule has 12 heteroatoms. The molecular weight excluding hydrogens is 674 g/mol. The van der Waals surface area contributed by atoms with Crippen molar-refractivity contribution in [2.45, 2.75) is 97.3 Å². The van der Waals surface area contributed by atoms with E-state index in [1.54, 1.807) is 0 Å². The fraction of sp³-hybridized carbons (Fsp3) is 0.585. The van der Waals surface area contributed by atoms with Gasteiger partial charge in [0.25, 0.3) is 0 Å². The summed E-state index contributed by atoms with van der Waals surface area (Å²) in [6.07, 6.45) is 1.95. The minimum atomic E-state index is -1.02. The molecule has 1 fully saturated rings. The maximum atomic E-state index is 14.1. The average molecular weight is 736 g/mol. The lowest BCUT2D eigenvalue weighted by atomic mass is 9.97. The van der Waals surface area contributed by atoms with Gasteiger partial charge in [0.1, 0.15) is 18.1 Å². The van der Waals surface area contributed by atoms with Crippen molar-refractivity contribution in [1.82, 2.24) is 26.2 Å². The van der Waals surface area contributed by atoms with Crippen LogP contribution in [-0.4, -0.2) is 105 Å². The van der Waals surface area contributed by atoms with Gasteiger partial charge in [0, 0.05) is 32.5 Å². The third kappa shape index (κ3) is 16.6. The van der Waals surface area contributed by atoms with E-state index in [1.165, 1.54) is 0 Å². The van der Waals surface area contributed by atoms with E-state index in [1.807, 2.05) is 100 Å². The minimum absolute atomic E-state index is 0.0181. The topological polar surface area (TPSA) is 155 Å². The first-order chi connectivity index (χ1) is 25.4. The Morgan fingerprint density at radius 2 is 1.23 bits per heavy atom. The predicted octanol–water partition coefficient (Wildman–Crippen LogP) is 3.22. The quantitative estimate of drug-likeness (QED) is 0.127. The van der Waals surface area contributed by atoms with Gasteiger partial charge in [-0.05, 0) is 55.6 Å². The molecule has 1 heterocycles. The summed E-state index contributed by atoms with van der Waals surface area (Å²) in [4.78, 5) is 70.3. The van der Waals surface area contributed by atoms with E-state index >= 15 is 0 Å². The molecule has 4 amide bonds. The van der Waals surface area contributed by atoms with E-state index in [-0.39, 0.29) is 49.5 Å². The van der Waals surface area contributed by atoms with Crippen LogP contribution in [0.1, 0.15) is 71.4 Å². The third-order valence-electron chi connectivity index (χ3n) is 9.05. The Kier molecular flexibility index (Phi) is 19.2. The Hall–Kier alpha value is -4.13. The Morgan fingerprint density at radius 3 is 1.83 bits per heavy atom. The first kappa shape index (κ1) is 43.3. The number of nitrogens with zero attached hydrogens (tertiary/aromatic N) is 1. The van der Waals surface area contributed by atoms with E-state index < -0.39 is 41.9 Å². The summed E-state index contributed by atoms with van der Waals surface area (Å²) < 4.78 is 10.8. The highest BCUT2D eigenvalue weighted by Gasteiger charge is 2.32. The summed E-state index contributed by atoms with van der Waals surface area (Å²) in [6, 6.07) is 15.4. The molecule has 1 aliphatic rings. The van der Waals surface area contributed by atoms with Crippen LogP contribution in [0.3, 0.4) is 0 Å². The van der Waals surface area contributed by atoms with Gasteiger partial charge in [-0.15, -0.1) is 0 Å². The third-order valence-corrected chi connectivity index (χ3v) is 9.05. The molecule has 0 radical (unpaired) electrons. The van der Waals surface area contributed by atoms with Crippen molar-refractivity contribution in [3.05, 3.63) is 71.8 Å². The van der Waals surface area contributed by atoms with Crippen molar-refractivity contribution >= 4 is 29.4 Å². The van der Waals surface area contributed by atoms with Crippen LogP contribution in [0.25, 0.3) is 0 Å². The number of amides is 4. The average Bonchev–Trinajstić information content (AvgIpc) is 3.13. The molecule has 0 spiro atoms. The summed E-state index contributed by atoms with van der Waals surface area (Å²) in [6.45, 7) is 12.9. The molecule has 0 aromatic heterocycles. The predicted molar refractivity (Wildman–Crippen MR) is 205 cm³/mol. The van der Waals surface area contributed by atoms with Crippen LogP contribution in [0.5, 0.6) is 0 Å². The van der Waals surface area contributed by atoms with Crippen molar-refractivity contribution in [2.75, 3.05) is 46.1 Å². The van der Waals surface area contributed by atoms with Crippen LogP contribution in [0.15, 0.2) is 60.7 Å². The van der Waals surface area contributed by atoms with Gasteiger partial charge in [-0.25, -0.2) is 0 Å². The highest BCUT2D eigenvalue weighted by atomic mass is 16.5. The zero-order valence-electron chi connectivity index (χ0n) is 32.2. The Morgan fingerprint density at radius 1 is 0.698 bits per heavy atom. The van der Waals surface area contributed by atoms with Gasteiger partial charge in [0.2, 0.25) is 23.6 Å². The number of ether oxygens (including phenoxy) is 2. The Balaban J connectivity index is 1.80. The van der Waals surface area contributed by atoms with Crippen molar-refractivity contribution < 1.29 is 33.4 Å². The maximum Gasteiger partial charge on any atom is 0.243 e. The summed E-state index contributed by atoms with van der Waals surface area (Å²) in [5, 5.41) is 11.7. The summed E-state index contributed by atoms with van der Waals surface area (Å²) in [5.74, 6) is -1.74. The lowest BCUT2D eigenvalue weighted by molar-refractivity contribution is -0.135. The van der Waals surface area contributed by atoms with Crippen LogP contribution in [0.4, 0.5) is 0 Å². The maximum absolute atomic E-state index is 14.1. The molecule has 1 saturated heterocycles. The monoisotopic (exact) mass is 735 g/mol. The molecule has 4 unspecified atom stereocenters. The van der Waals surface area contributed by atoms with E-state index in [0.717, 1.165) is 11.1 Å². The number of carbonyl (C=O) groups excluding carboxylic acids is 5. The lowest BCUT2D eigenvalue weighted by Crippen LogP contribution is -2.59. The smallest absolute Gasteiger partial charge is 0.243 e. The van der Waals surface area contributed by atoms with Gasteiger partial charge in [0.15, 0.2) is 5.78 Å². The van der Waals surface area contributed by atoms with E-state index in [9.17, 15) is 24.0 Å². The van der Waals surface area contributed by atoms with Crippen LogP contribution < -0.4 is 21.3 Å². The molecule has 0 aliphatic carbocycles. The molecule has 292 valence electrons. The second-order valence-corrected chi connectivity index (χ2v) is 14.6. The largest absolute Gasteiger partial charge is 0.381 e. The normalized spacial score (nSPS) is 15.6. The van der Waals surface area contributed by atoms with E-state index in [4.69, 9.17) is 9.47 Å².